The number of aliphatic carboxylic acids is 1. The molecule has 0 aliphatic rings. The summed E-state index contributed by atoms with van der Waals surface area (Å²) in [4.78, 5) is 49.2. The zero-order valence-electron chi connectivity index (χ0n) is 18.4. The van der Waals surface area contributed by atoms with Crippen molar-refractivity contribution in [1.82, 2.24) is 10.6 Å². The Morgan fingerprint density at radius 1 is 1.12 bits per heavy atom. The Morgan fingerprint density at radius 2 is 1.79 bits per heavy atom. The fourth-order valence-electron chi connectivity index (χ4n) is 3.44. The first-order valence-corrected chi connectivity index (χ1v) is 10.8. The van der Waals surface area contributed by atoms with Gasteiger partial charge in [0.1, 0.15) is 23.4 Å². The number of carbonyl (C=O) groups is 3. The van der Waals surface area contributed by atoms with Crippen LogP contribution in [-0.4, -0.2) is 40.1 Å². The van der Waals surface area contributed by atoms with E-state index in [1.807, 2.05) is 0 Å². The SMILES string of the molecule is Cc1c(CC(=O)NC(Cc2ccccc2)C(=O)NC(C)C(=O)O)c(=O)oc2cc(O)c(Cl)cc12. The van der Waals surface area contributed by atoms with E-state index in [0.29, 0.717) is 10.9 Å². The summed E-state index contributed by atoms with van der Waals surface area (Å²) in [5.41, 5.74) is 0.640. The number of fused-ring (bicyclic) bond motifs is 1. The van der Waals surface area contributed by atoms with E-state index >= 15 is 0 Å². The Labute approximate surface area is 199 Å². The minimum atomic E-state index is -1.22. The Kier molecular flexibility index (Phi) is 7.57. The van der Waals surface area contributed by atoms with Gasteiger partial charge in [-0.15, -0.1) is 0 Å². The normalized spacial score (nSPS) is 12.7. The number of carboxylic acids is 1. The van der Waals surface area contributed by atoms with Crippen molar-refractivity contribution in [3.63, 3.8) is 0 Å². The molecule has 2 atom stereocenters. The van der Waals surface area contributed by atoms with Crippen molar-refractivity contribution < 1.29 is 29.0 Å². The molecule has 0 bridgehead atoms. The summed E-state index contributed by atoms with van der Waals surface area (Å²) in [5, 5.41) is 24.3. The van der Waals surface area contributed by atoms with E-state index in [1.54, 1.807) is 37.3 Å². The number of carboxylic acid groups (broad SMARTS) is 1. The highest BCUT2D eigenvalue weighted by Gasteiger charge is 2.25. The number of carbonyl (C=O) groups excluding carboxylic acids is 2. The lowest BCUT2D eigenvalue weighted by Gasteiger charge is -2.20. The number of phenolic OH excluding ortho intramolecular Hbond substituents is 1. The van der Waals surface area contributed by atoms with Gasteiger partial charge in [-0.3, -0.25) is 14.4 Å². The van der Waals surface area contributed by atoms with Crippen LogP contribution >= 0.6 is 11.6 Å². The highest BCUT2D eigenvalue weighted by molar-refractivity contribution is 6.32. The molecule has 0 saturated heterocycles. The molecule has 0 saturated carbocycles. The van der Waals surface area contributed by atoms with Gasteiger partial charge in [0.2, 0.25) is 11.8 Å². The van der Waals surface area contributed by atoms with Crippen LogP contribution in [0.1, 0.15) is 23.6 Å². The van der Waals surface area contributed by atoms with Gasteiger partial charge in [0.25, 0.3) is 0 Å². The van der Waals surface area contributed by atoms with Crippen molar-refractivity contribution in [3.8, 4) is 5.75 Å². The second-order valence-corrected chi connectivity index (χ2v) is 8.26. The molecule has 9 nitrogen and oxygen atoms in total. The van der Waals surface area contributed by atoms with Crippen LogP contribution in [0.25, 0.3) is 11.0 Å². The molecule has 10 heteroatoms. The largest absolute Gasteiger partial charge is 0.506 e. The van der Waals surface area contributed by atoms with Crippen molar-refractivity contribution >= 4 is 40.4 Å². The number of nitrogens with one attached hydrogen (secondary N) is 2. The van der Waals surface area contributed by atoms with Crippen LogP contribution in [0.15, 0.2) is 51.7 Å². The summed E-state index contributed by atoms with van der Waals surface area (Å²) in [5.74, 6) is -2.75. The summed E-state index contributed by atoms with van der Waals surface area (Å²) in [6.45, 7) is 2.94. The topological polar surface area (TPSA) is 146 Å². The van der Waals surface area contributed by atoms with Gasteiger partial charge in [0.05, 0.1) is 17.0 Å². The Balaban J connectivity index is 1.85. The van der Waals surface area contributed by atoms with Gasteiger partial charge >= 0.3 is 11.6 Å². The predicted octanol–water partition coefficient (Wildman–Crippen LogP) is 2.32. The number of phenols is 1. The van der Waals surface area contributed by atoms with Gasteiger partial charge in [-0.1, -0.05) is 41.9 Å². The van der Waals surface area contributed by atoms with Crippen LogP contribution < -0.4 is 16.3 Å². The van der Waals surface area contributed by atoms with Gasteiger partial charge in [-0.2, -0.15) is 0 Å². The molecule has 4 N–H and O–H groups in total. The molecule has 0 aliphatic heterocycles. The van der Waals surface area contributed by atoms with Gasteiger partial charge in [-0.05, 0) is 31.0 Å². The molecule has 2 amide bonds. The maximum Gasteiger partial charge on any atom is 0.340 e. The number of hydrogen-bond donors (Lipinski definition) is 4. The molecule has 0 spiro atoms. The lowest BCUT2D eigenvalue weighted by Crippen LogP contribution is -2.52. The van der Waals surface area contributed by atoms with Crippen LogP contribution in [0.4, 0.5) is 0 Å². The molecule has 0 aliphatic carbocycles. The van der Waals surface area contributed by atoms with Gasteiger partial charge < -0.3 is 25.3 Å². The van der Waals surface area contributed by atoms with Crippen LogP contribution in [0.5, 0.6) is 5.75 Å². The molecule has 178 valence electrons. The van der Waals surface area contributed by atoms with Gasteiger partial charge in [-0.25, -0.2) is 4.79 Å². The van der Waals surface area contributed by atoms with E-state index in [9.17, 15) is 24.3 Å². The molecule has 1 heterocycles. The van der Waals surface area contributed by atoms with Gasteiger partial charge in [0, 0.05) is 17.9 Å². The number of amides is 2. The first kappa shape index (κ1) is 24.8. The lowest BCUT2D eigenvalue weighted by molar-refractivity contribution is -0.141. The standard InChI is InChI=1S/C24H23ClN2O7/c1-12-15-9-17(25)19(28)11-20(15)34-24(33)16(12)10-21(29)27-18(8-14-6-4-3-5-7-14)22(30)26-13(2)23(31)32/h3-7,9,11,13,18,28H,8,10H2,1-2H3,(H,26,30)(H,27,29)(H,31,32). The monoisotopic (exact) mass is 486 g/mol. The zero-order chi connectivity index (χ0) is 25.0. The summed E-state index contributed by atoms with van der Waals surface area (Å²) in [6, 6.07) is 9.33. The van der Waals surface area contributed by atoms with Crippen molar-refractivity contribution in [2.45, 2.75) is 38.8 Å². The van der Waals surface area contributed by atoms with Gasteiger partial charge in [0.15, 0.2) is 0 Å². The molecule has 0 fully saturated rings. The van der Waals surface area contributed by atoms with Crippen molar-refractivity contribution in [2.75, 3.05) is 0 Å². The minimum Gasteiger partial charge on any atom is -0.506 e. The highest BCUT2D eigenvalue weighted by atomic mass is 35.5. The van der Waals surface area contributed by atoms with Crippen molar-refractivity contribution in [2.24, 2.45) is 0 Å². The highest BCUT2D eigenvalue weighted by Crippen LogP contribution is 2.30. The molecular weight excluding hydrogens is 464 g/mol. The third-order valence-electron chi connectivity index (χ3n) is 5.36. The number of halogens is 1. The quantitative estimate of drug-likeness (QED) is 0.357. The summed E-state index contributed by atoms with van der Waals surface area (Å²) >= 11 is 5.97. The van der Waals surface area contributed by atoms with E-state index in [2.05, 4.69) is 10.6 Å². The molecule has 2 unspecified atom stereocenters. The Morgan fingerprint density at radius 3 is 2.44 bits per heavy atom. The average Bonchev–Trinajstić information content (AvgIpc) is 2.78. The number of benzene rings is 2. The minimum absolute atomic E-state index is 0.0620. The molecule has 0 radical (unpaired) electrons. The predicted molar refractivity (Wildman–Crippen MR) is 125 cm³/mol. The van der Waals surface area contributed by atoms with E-state index in [4.69, 9.17) is 21.1 Å². The second kappa shape index (κ2) is 10.4. The zero-order valence-corrected chi connectivity index (χ0v) is 19.2. The molecule has 1 aromatic heterocycles. The molecular formula is C24H23ClN2O7. The Bertz CT molecular complexity index is 1300. The fraction of sp³-hybridized carbons (Fsp3) is 0.250. The summed E-state index contributed by atoms with van der Waals surface area (Å²) < 4.78 is 5.24. The van der Waals surface area contributed by atoms with E-state index in [0.717, 1.165) is 5.56 Å². The second-order valence-electron chi connectivity index (χ2n) is 7.85. The third-order valence-corrected chi connectivity index (χ3v) is 5.66. The number of aromatic hydroxyl groups is 1. The third kappa shape index (κ3) is 5.74. The first-order chi connectivity index (χ1) is 16.1. The number of rotatable bonds is 8. The van der Waals surface area contributed by atoms with Crippen LogP contribution in [0, 0.1) is 6.92 Å². The fourth-order valence-corrected chi connectivity index (χ4v) is 3.61. The molecule has 2 aromatic carbocycles. The van der Waals surface area contributed by atoms with Crippen molar-refractivity contribution in [1.29, 1.82) is 0 Å². The maximum atomic E-state index is 12.8. The van der Waals surface area contributed by atoms with Crippen LogP contribution in [0.3, 0.4) is 0 Å². The first-order valence-electron chi connectivity index (χ1n) is 10.4. The smallest absolute Gasteiger partial charge is 0.340 e. The molecule has 3 rings (SSSR count). The van der Waals surface area contributed by atoms with Crippen LogP contribution in [-0.2, 0) is 27.2 Å². The van der Waals surface area contributed by atoms with E-state index in [-0.39, 0.29) is 34.8 Å². The van der Waals surface area contributed by atoms with E-state index in [1.165, 1.54) is 19.1 Å². The van der Waals surface area contributed by atoms with Crippen molar-refractivity contribution in [3.05, 3.63) is 74.6 Å². The van der Waals surface area contributed by atoms with E-state index < -0.39 is 35.5 Å². The molecule has 34 heavy (non-hydrogen) atoms. The number of aryl methyl sites for hydroxylation is 1. The molecule has 3 aromatic rings. The summed E-state index contributed by atoms with van der Waals surface area (Å²) in [7, 11) is 0. The lowest BCUT2D eigenvalue weighted by atomic mass is 10.0. The maximum absolute atomic E-state index is 12.8. The summed E-state index contributed by atoms with van der Waals surface area (Å²) in [6.07, 6.45) is -0.263. The average molecular weight is 487 g/mol. The van der Waals surface area contributed by atoms with Crippen LogP contribution in [0.2, 0.25) is 5.02 Å². The Hall–Kier alpha value is -3.85. The number of hydrogen-bond acceptors (Lipinski definition) is 6.